The molecule has 0 radical (unpaired) electrons. The number of hydrogen-bond donors (Lipinski definition) is 0. The van der Waals surface area contributed by atoms with Crippen molar-refractivity contribution in [1.29, 1.82) is 0 Å². The summed E-state index contributed by atoms with van der Waals surface area (Å²) in [4.78, 5) is 11.8. The number of unbranched alkanes of at least 4 members (excludes halogenated alkanes) is 1. The largest absolute Gasteiger partial charge is 0.465 e. The van der Waals surface area contributed by atoms with E-state index in [0.29, 0.717) is 24.7 Å². The molecule has 0 bridgehead atoms. The third-order valence-electron chi connectivity index (χ3n) is 3.72. The third kappa shape index (κ3) is 5.11. The van der Waals surface area contributed by atoms with Crippen molar-refractivity contribution in [3.8, 4) is 0 Å². The van der Waals surface area contributed by atoms with Crippen LogP contribution in [0.4, 0.5) is 0 Å². The number of carbonyl (C=O) groups excluding carboxylic acids is 1. The normalized spacial score (nSPS) is 29.1. The number of rotatable bonds is 8. The van der Waals surface area contributed by atoms with Gasteiger partial charge in [-0.25, -0.2) is 0 Å². The first-order valence-electron chi connectivity index (χ1n) is 7.56. The van der Waals surface area contributed by atoms with E-state index in [-0.39, 0.29) is 11.9 Å². The van der Waals surface area contributed by atoms with E-state index in [1.54, 1.807) is 0 Å². The average molecular weight is 270 g/mol. The van der Waals surface area contributed by atoms with Crippen molar-refractivity contribution in [2.24, 2.45) is 11.8 Å². The van der Waals surface area contributed by atoms with Crippen LogP contribution in [0.3, 0.4) is 0 Å². The summed E-state index contributed by atoms with van der Waals surface area (Å²) in [7, 11) is 0. The lowest BCUT2D eigenvalue weighted by molar-refractivity contribution is -0.149. The topological polar surface area (TPSA) is 48.1 Å². The third-order valence-corrected chi connectivity index (χ3v) is 3.72. The Balaban J connectivity index is 1.45. The lowest BCUT2D eigenvalue weighted by Gasteiger charge is -2.17. The lowest BCUT2D eigenvalue weighted by atomic mass is 9.89. The van der Waals surface area contributed by atoms with Crippen molar-refractivity contribution in [3.63, 3.8) is 0 Å². The van der Waals surface area contributed by atoms with Gasteiger partial charge in [0, 0.05) is 13.2 Å². The molecular formula is C15H26O4. The summed E-state index contributed by atoms with van der Waals surface area (Å²) >= 11 is 0. The highest BCUT2D eigenvalue weighted by atomic mass is 16.6. The quantitative estimate of drug-likeness (QED) is 0.386. The maximum atomic E-state index is 11.8. The number of fused-ring (bicyclic) bond motifs is 1. The number of esters is 1. The molecule has 0 N–H and O–H groups in total. The van der Waals surface area contributed by atoms with E-state index in [0.717, 1.165) is 45.3 Å². The van der Waals surface area contributed by atoms with Crippen LogP contribution in [0.5, 0.6) is 0 Å². The molecule has 4 nitrogen and oxygen atoms in total. The summed E-state index contributed by atoms with van der Waals surface area (Å²) in [6.45, 7) is 6.37. The van der Waals surface area contributed by atoms with E-state index in [1.807, 2.05) is 0 Å². The maximum Gasteiger partial charge on any atom is 0.309 e. The molecule has 2 aliphatic rings. The van der Waals surface area contributed by atoms with E-state index in [1.165, 1.54) is 0 Å². The second-order valence-electron chi connectivity index (χ2n) is 6.07. The van der Waals surface area contributed by atoms with Gasteiger partial charge in [-0.05, 0) is 38.0 Å². The predicted octanol–water partition coefficient (Wildman–Crippen LogP) is 2.55. The van der Waals surface area contributed by atoms with Gasteiger partial charge in [0.15, 0.2) is 0 Å². The molecule has 0 aromatic heterocycles. The Morgan fingerprint density at radius 3 is 2.74 bits per heavy atom. The Morgan fingerprint density at radius 1 is 1.21 bits per heavy atom. The number of ether oxygens (including phenoxy) is 3. The first kappa shape index (κ1) is 14.8. The van der Waals surface area contributed by atoms with Crippen LogP contribution in [0, 0.1) is 11.8 Å². The van der Waals surface area contributed by atoms with Crippen LogP contribution < -0.4 is 0 Å². The van der Waals surface area contributed by atoms with Gasteiger partial charge >= 0.3 is 5.97 Å². The van der Waals surface area contributed by atoms with Gasteiger partial charge in [-0.15, -0.1) is 0 Å². The van der Waals surface area contributed by atoms with Crippen molar-refractivity contribution in [1.82, 2.24) is 0 Å². The molecule has 2 rings (SSSR count). The van der Waals surface area contributed by atoms with Gasteiger partial charge in [0.25, 0.3) is 0 Å². The van der Waals surface area contributed by atoms with Crippen LogP contribution in [0.1, 0.15) is 46.0 Å². The fourth-order valence-electron chi connectivity index (χ4n) is 2.53. The van der Waals surface area contributed by atoms with Crippen molar-refractivity contribution in [2.75, 3.05) is 19.8 Å². The van der Waals surface area contributed by atoms with E-state index in [4.69, 9.17) is 14.2 Å². The van der Waals surface area contributed by atoms with E-state index < -0.39 is 0 Å². The molecule has 0 aromatic carbocycles. The smallest absolute Gasteiger partial charge is 0.309 e. The van der Waals surface area contributed by atoms with Gasteiger partial charge in [-0.2, -0.15) is 0 Å². The molecule has 2 fully saturated rings. The van der Waals surface area contributed by atoms with Gasteiger partial charge in [0.2, 0.25) is 0 Å². The standard InChI is InChI=1S/C15H26O4/c1-11(2)10-17-7-3-4-8-18-15(16)12-5-6-13-14(9-12)19-13/h11-14H,3-10H2,1-2H3. The summed E-state index contributed by atoms with van der Waals surface area (Å²) < 4.78 is 16.2. The molecule has 4 heteroatoms. The van der Waals surface area contributed by atoms with Gasteiger partial charge in [0.05, 0.1) is 24.7 Å². The molecule has 0 aromatic rings. The Labute approximate surface area is 115 Å². The molecule has 1 aliphatic carbocycles. The molecule has 3 unspecified atom stereocenters. The van der Waals surface area contributed by atoms with E-state index in [9.17, 15) is 4.79 Å². The fourth-order valence-corrected chi connectivity index (χ4v) is 2.53. The summed E-state index contributed by atoms with van der Waals surface area (Å²) in [5.74, 6) is 0.621. The molecule has 110 valence electrons. The van der Waals surface area contributed by atoms with E-state index >= 15 is 0 Å². The molecule has 1 heterocycles. The van der Waals surface area contributed by atoms with Crippen LogP contribution in [-0.2, 0) is 19.0 Å². The Bertz CT molecular complexity index is 290. The SMILES string of the molecule is CC(C)COCCCCOC(=O)C1CCC2OC2C1. The Morgan fingerprint density at radius 2 is 2.00 bits per heavy atom. The average Bonchev–Trinajstić information content (AvgIpc) is 3.15. The minimum atomic E-state index is -0.0305. The van der Waals surface area contributed by atoms with Crippen LogP contribution in [0.25, 0.3) is 0 Å². The van der Waals surface area contributed by atoms with E-state index in [2.05, 4.69) is 13.8 Å². The summed E-state index contributed by atoms with van der Waals surface area (Å²) in [6.07, 6.45) is 5.45. The zero-order valence-corrected chi connectivity index (χ0v) is 12.1. The lowest BCUT2D eigenvalue weighted by Crippen LogP contribution is -2.24. The maximum absolute atomic E-state index is 11.8. The summed E-state index contributed by atoms with van der Waals surface area (Å²) in [5, 5.41) is 0. The monoisotopic (exact) mass is 270 g/mol. The molecule has 1 saturated heterocycles. The van der Waals surface area contributed by atoms with Crippen molar-refractivity contribution >= 4 is 5.97 Å². The second-order valence-corrected chi connectivity index (χ2v) is 6.07. The first-order chi connectivity index (χ1) is 9.16. The molecular weight excluding hydrogens is 244 g/mol. The molecule has 3 atom stereocenters. The van der Waals surface area contributed by atoms with Crippen molar-refractivity contribution in [3.05, 3.63) is 0 Å². The minimum absolute atomic E-state index is 0.0305. The molecule has 0 spiro atoms. The molecule has 19 heavy (non-hydrogen) atoms. The van der Waals surface area contributed by atoms with Gasteiger partial charge in [-0.1, -0.05) is 13.8 Å². The van der Waals surface area contributed by atoms with Crippen LogP contribution in [0.15, 0.2) is 0 Å². The number of epoxide rings is 1. The number of carbonyl (C=O) groups is 1. The van der Waals surface area contributed by atoms with Crippen LogP contribution in [-0.4, -0.2) is 38.0 Å². The highest BCUT2D eigenvalue weighted by Gasteiger charge is 2.46. The molecule has 0 amide bonds. The van der Waals surface area contributed by atoms with Crippen molar-refractivity contribution < 1.29 is 19.0 Å². The predicted molar refractivity (Wildman–Crippen MR) is 71.9 cm³/mol. The van der Waals surface area contributed by atoms with Crippen LogP contribution >= 0.6 is 0 Å². The highest BCUT2D eigenvalue weighted by Crippen LogP contribution is 2.39. The van der Waals surface area contributed by atoms with Gasteiger partial charge in [0.1, 0.15) is 0 Å². The van der Waals surface area contributed by atoms with Gasteiger partial charge < -0.3 is 14.2 Å². The Hall–Kier alpha value is -0.610. The zero-order chi connectivity index (χ0) is 13.7. The summed E-state index contributed by atoms with van der Waals surface area (Å²) in [5.41, 5.74) is 0. The molecule has 1 aliphatic heterocycles. The first-order valence-corrected chi connectivity index (χ1v) is 7.56. The minimum Gasteiger partial charge on any atom is -0.465 e. The number of hydrogen-bond acceptors (Lipinski definition) is 4. The molecule has 1 saturated carbocycles. The van der Waals surface area contributed by atoms with Gasteiger partial charge in [-0.3, -0.25) is 4.79 Å². The second kappa shape index (κ2) is 7.25. The summed E-state index contributed by atoms with van der Waals surface area (Å²) in [6, 6.07) is 0. The highest BCUT2D eigenvalue weighted by molar-refractivity contribution is 5.72. The zero-order valence-electron chi connectivity index (χ0n) is 12.1. The Kier molecular flexibility index (Phi) is 5.64. The van der Waals surface area contributed by atoms with Crippen molar-refractivity contribution in [2.45, 2.75) is 58.2 Å². The van der Waals surface area contributed by atoms with Crippen LogP contribution in [0.2, 0.25) is 0 Å². The fraction of sp³-hybridized carbons (Fsp3) is 0.933.